The number of aryl methyl sites for hydroxylation is 1. The Morgan fingerprint density at radius 3 is 2.62 bits per heavy atom. The van der Waals surface area contributed by atoms with Gasteiger partial charge in [0.2, 0.25) is 0 Å². The van der Waals surface area contributed by atoms with Crippen LogP contribution in [0.2, 0.25) is 5.02 Å². The van der Waals surface area contributed by atoms with Gasteiger partial charge in [-0.15, -0.1) is 5.10 Å². The Labute approximate surface area is 144 Å². The number of esters is 1. The van der Waals surface area contributed by atoms with Crippen LogP contribution in [0.3, 0.4) is 0 Å². The third-order valence-electron chi connectivity index (χ3n) is 3.70. The van der Waals surface area contributed by atoms with E-state index in [1.165, 1.54) is 0 Å². The van der Waals surface area contributed by atoms with Gasteiger partial charge < -0.3 is 4.74 Å². The molecule has 0 spiro atoms. The molecule has 0 amide bonds. The van der Waals surface area contributed by atoms with Crippen molar-refractivity contribution in [3.63, 3.8) is 0 Å². The van der Waals surface area contributed by atoms with Crippen molar-refractivity contribution in [2.45, 2.75) is 20.5 Å². The number of aromatic nitrogens is 3. The number of carbonyl (C=O) groups excluding carboxylic acids is 1. The third kappa shape index (κ3) is 3.31. The lowest BCUT2D eigenvalue weighted by molar-refractivity contribution is 0.0464. The van der Waals surface area contributed by atoms with Crippen LogP contribution in [-0.2, 0) is 11.3 Å². The van der Waals surface area contributed by atoms with Crippen LogP contribution in [-0.4, -0.2) is 21.0 Å². The molecular weight excluding hydrogens is 326 g/mol. The molecule has 3 aromatic rings. The summed E-state index contributed by atoms with van der Waals surface area (Å²) < 4.78 is 6.88. The quantitative estimate of drug-likeness (QED) is 0.675. The van der Waals surface area contributed by atoms with Gasteiger partial charge in [0.15, 0.2) is 5.69 Å². The molecule has 0 unspecified atom stereocenters. The lowest BCUT2D eigenvalue weighted by Crippen LogP contribution is -2.08. The maximum Gasteiger partial charge on any atom is 0.361 e. The number of ether oxygens (including phenoxy) is 1. The fourth-order valence-corrected chi connectivity index (χ4v) is 2.44. The molecular formula is C18H16ClN3O2. The SMILES string of the molecule is Cc1ccc(-n2nnc(C(=O)OCc3ccccc3)c2C)cc1Cl. The Balaban J connectivity index is 1.79. The van der Waals surface area contributed by atoms with E-state index in [2.05, 4.69) is 10.3 Å². The van der Waals surface area contributed by atoms with E-state index in [-0.39, 0.29) is 12.3 Å². The van der Waals surface area contributed by atoms with E-state index >= 15 is 0 Å². The molecule has 0 fully saturated rings. The molecule has 3 rings (SSSR count). The first-order valence-electron chi connectivity index (χ1n) is 7.46. The van der Waals surface area contributed by atoms with Crippen molar-refractivity contribution in [2.75, 3.05) is 0 Å². The minimum atomic E-state index is -0.499. The van der Waals surface area contributed by atoms with Crippen LogP contribution < -0.4 is 0 Å². The van der Waals surface area contributed by atoms with Gasteiger partial charge in [0.1, 0.15) is 6.61 Å². The number of benzene rings is 2. The summed E-state index contributed by atoms with van der Waals surface area (Å²) in [6.45, 7) is 3.89. The van der Waals surface area contributed by atoms with Crippen LogP contribution in [0.4, 0.5) is 0 Å². The Morgan fingerprint density at radius 2 is 1.92 bits per heavy atom. The van der Waals surface area contributed by atoms with Gasteiger partial charge >= 0.3 is 5.97 Å². The molecule has 24 heavy (non-hydrogen) atoms. The summed E-state index contributed by atoms with van der Waals surface area (Å²) in [5, 5.41) is 8.63. The van der Waals surface area contributed by atoms with Gasteiger partial charge in [-0.1, -0.05) is 53.2 Å². The predicted molar refractivity (Wildman–Crippen MR) is 91.4 cm³/mol. The zero-order chi connectivity index (χ0) is 17.1. The van der Waals surface area contributed by atoms with Crippen LogP contribution in [0.5, 0.6) is 0 Å². The van der Waals surface area contributed by atoms with Crippen molar-refractivity contribution in [1.82, 2.24) is 15.0 Å². The van der Waals surface area contributed by atoms with Crippen LogP contribution >= 0.6 is 11.6 Å². The molecule has 1 aromatic heterocycles. The average Bonchev–Trinajstić information content (AvgIpc) is 2.98. The summed E-state index contributed by atoms with van der Waals surface area (Å²) in [7, 11) is 0. The van der Waals surface area contributed by atoms with E-state index in [4.69, 9.17) is 16.3 Å². The largest absolute Gasteiger partial charge is 0.456 e. The van der Waals surface area contributed by atoms with Crippen molar-refractivity contribution in [2.24, 2.45) is 0 Å². The fourth-order valence-electron chi connectivity index (χ4n) is 2.27. The predicted octanol–water partition coefficient (Wildman–Crippen LogP) is 3.89. The Kier molecular flexibility index (Phi) is 4.62. The lowest BCUT2D eigenvalue weighted by Gasteiger charge is -2.06. The van der Waals surface area contributed by atoms with E-state index in [1.807, 2.05) is 49.4 Å². The zero-order valence-electron chi connectivity index (χ0n) is 13.4. The number of hydrogen-bond donors (Lipinski definition) is 0. The summed E-state index contributed by atoms with van der Waals surface area (Å²) in [4.78, 5) is 12.2. The molecule has 5 nitrogen and oxygen atoms in total. The van der Waals surface area contributed by atoms with Crippen LogP contribution in [0.25, 0.3) is 5.69 Å². The second kappa shape index (κ2) is 6.84. The van der Waals surface area contributed by atoms with Crippen LogP contribution in [0.1, 0.15) is 27.3 Å². The summed E-state index contributed by atoms with van der Waals surface area (Å²) in [6.07, 6.45) is 0. The van der Waals surface area contributed by atoms with Gasteiger partial charge in [-0.05, 0) is 37.1 Å². The molecule has 0 bridgehead atoms. The maximum atomic E-state index is 12.2. The normalized spacial score (nSPS) is 10.6. The summed E-state index contributed by atoms with van der Waals surface area (Å²) in [5.41, 5.74) is 3.44. The summed E-state index contributed by atoms with van der Waals surface area (Å²) >= 11 is 6.15. The average molecular weight is 342 g/mol. The fraction of sp³-hybridized carbons (Fsp3) is 0.167. The molecule has 0 atom stereocenters. The van der Waals surface area contributed by atoms with Gasteiger partial charge in [0, 0.05) is 5.02 Å². The standard InChI is InChI=1S/C18H16ClN3O2/c1-12-8-9-15(10-16(12)19)22-13(2)17(20-21-22)18(23)24-11-14-6-4-3-5-7-14/h3-10H,11H2,1-2H3. The first kappa shape index (κ1) is 16.2. The van der Waals surface area contributed by atoms with Crippen molar-refractivity contribution < 1.29 is 9.53 Å². The van der Waals surface area contributed by atoms with E-state index in [0.29, 0.717) is 10.7 Å². The highest BCUT2D eigenvalue weighted by molar-refractivity contribution is 6.31. The molecule has 0 saturated carbocycles. The van der Waals surface area contributed by atoms with E-state index < -0.39 is 5.97 Å². The zero-order valence-corrected chi connectivity index (χ0v) is 14.1. The minimum Gasteiger partial charge on any atom is -0.456 e. The van der Waals surface area contributed by atoms with Gasteiger partial charge in [0.05, 0.1) is 11.4 Å². The van der Waals surface area contributed by atoms with Crippen LogP contribution in [0, 0.1) is 13.8 Å². The first-order chi connectivity index (χ1) is 11.6. The molecule has 122 valence electrons. The molecule has 0 aliphatic heterocycles. The summed E-state index contributed by atoms with van der Waals surface area (Å²) in [6, 6.07) is 15.0. The van der Waals surface area contributed by atoms with E-state index in [1.54, 1.807) is 17.7 Å². The number of carbonyl (C=O) groups is 1. The van der Waals surface area contributed by atoms with Crippen molar-refractivity contribution in [3.05, 3.63) is 76.1 Å². The highest BCUT2D eigenvalue weighted by Gasteiger charge is 2.19. The molecule has 6 heteroatoms. The molecule has 0 aliphatic carbocycles. The topological polar surface area (TPSA) is 57.0 Å². The van der Waals surface area contributed by atoms with E-state index in [9.17, 15) is 4.79 Å². The van der Waals surface area contributed by atoms with Gasteiger partial charge in [-0.3, -0.25) is 0 Å². The third-order valence-corrected chi connectivity index (χ3v) is 4.11. The van der Waals surface area contributed by atoms with E-state index in [0.717, 1.165) is 16.8 Å². The highest BCUT2D eigenvalue weighted by atomic mass is 35.5. The van der Waals surface area contributed by atoms with Gasteiger partial charge in [0.25, 0.3) is 0 Å². The Bertz CT molecular complexity index is 875. The monoisotopic (exact) mass is 341 g/mol. The molecule has 0 radical (unpaired) electrons. The summed E-state index contributed by atoms with van der Waals surface area (Å²) in [5.74, 6) is -0.499. The second-order valence-electron chi connectivity index (χ2n) is 5.43. The highest BCUT2D eigenvalue weighted by Crippen LogP contribution is 2.20. The Hall–Kier alpha value is -2.66. The first-order valence-corrected chi connectivity index (χ1v) is 7.84. The van der Waals surface area contributed by atoms with Crippen molar-refractivity contribution >= 4 is 17.6 Å². The van der Waals surface area contributed by atoms with Crippen LogP contribution in [0.15, 0.2) is 48.5 Å². The maximum absolute atomic E-state index is 12.2. The van der Waals surface area contributed by atoms with Gasteiger partial charge in [-0.25, -0.2) is 9.48 Å². The number of nitrogens with zero attached hydrogens (tertiary/aromatic N) is 3. The number of hydrogen-bond acceptors (Lipinski definition) is 4. The minimum absolute atomic E-state index is 0.197. The Morgan fingerprint density at radius 1 is 1.17 bits per heavy atom. The number of halogens is 1. The smallest absolute Gasteiger partial charge is 0.361 e. The van der Waals surface area contributed by atoms with Crippen molar-refractivity contribution in [1.29, 1.82) is 0 Å². The van der Waals surface area contributed by atoms with Gasteiger partial charge in [-0.2, -0.15) is 0 Å². The molecule has 2 aromatic carbocycles. The molecule has 0 saturated heterocycles. The number of rotatable bonds is 4. The van der Waals surface area contributed by atoms with Crippen molar-refractivity contribution in [3.8, 4) is 5.69 Å². The lowest BCUT2D eigenvalue weighted by atomic mass is 10.2. The second-order valence-corrected chi connectivity index (χ2v) is 5.84. The molecule has 0 aliphatic rings. The molecule has 1 heterocycles. The molecule has 0 N–H and O–H groups in total.